The number of aryl methyl sites for hydroxylation is 1. The van der Waals surface area contributed by atoms with E-state index < -0.39 is 12.1 Å². The molecule has 31 heavy (non-hydrogen) atoms. The number of carbonyl (C=O) groups excluding carboxylic acids is 2. The summed E-state index contributed by atoms with van der Waals surface area (Å²) in [5.74, 6) is -2.77. The van der Waals surface area contributed by atoms with Gasteiger partial charge in [-0.15, -0.1) is 0 Å². The molecule has 168 valence electrons. The van der Waals surface area contributed by atoms with Gasteiger partial charge in [-0.3, -0.25) is 14.6 Å². The van der Waals surface area contributed by atoms with Crippen LogP contribution in [-0.4, -0.2) is 57.1 Å². The lowest BCUT2D eigenvalue weighted by Crippen LogP contribution is -2.36. The van der Waals surface area contributed by atoms with Gasteiger partial charge in [0.1, 0.15) is 5.69 Å². The van der Waals surface area contributed by atoms with Crippen molar-refractivity contribution in [3.8, 4) is 0 Å². The zero-order chi connectivity index (χ0) is 23.2. The van der Waals surface area contributed by atoms with Gasteiger partial charge in [-0.2, -0.15) is 13.2 Å². The Morgan fingerprint density at radius 2 is 1.90 bits per heavy atom. The maximum absolute atomic E-state index is 12.8. The molecule has 2 amide bonds. The van der Waals surface area contributed by atoms with E-state index >= 15 is 0 Å². The Morgan fingerprint density at radius 3 is 2.45 bits per heavy atom. The van der Waals surface area contributed by atoms with Crippen LogP contribution >= 0.6 is 0 Å². The quantitative estimate of drug-likeness (QED) is 0.762. The van der Waals surface area contributed by atoms with Crippen LogP contribution in [0, 0.1) is 12.8 Å². The first-order chi connectivity index (χ1) is 14.5. The van der Waals surface area contributed by atoms with Crippen molar-refractivity contribution >= 4 is 17.8 Å². The number of nitrogens with zero attached hydrogens (tertiary/aromatic N) is 3. The van der Waals surface area contributed by atoms with E-state index in [2.05, 4.69) is 14.9 Å². The van der Waals surface area contributed by atoms with Crippen LogP contribution < -0.4 is 5.32 Å². The molecular weight excluding hydrogens is 417 g/mol. The predicted octanol–water partition coefficient (Wildman–Crippen LogP) is 2.23. The minimum absolute atomic E-state index is 0.00327. The highest BCUT2D eigenvalue weighted by Gasteiger charge is 2.38. The molecule has 2 aromatic rings. The Bertz CT molecular complexity index is 925. The fourth-order valence-electron chi connectivity index (χ4n) is 3.08. The Kier molecular flexibility index (Phi) is 7.78. The van der Waals surface area contributed by atoms with Crippen molar-refractivity contribution in [3.05, 3.63) is 53.6 Å². The van der Waals surface area contributed by atoms with E-state index in [1.165, 1.54) is 0 Å². The first-order valence-electron chi connectivity index (χ1n) is 9.38. The predicted molar refractivity (Wildman–Crippen MR) is 104 cm³/mol. The van der Waals surface area contributed by atoms with Crippen LogP contribution in [0.5, 0.6) is 0 Å². The summed E-state index contributed by atoms with van der Waals surface area (Å²) in [6.07, 6.45) is -0.973. The summed E-state index contributed by atoms with van der Waals surface area (Å²) < 4.78 is 33.9. The number of halogens is 3. The maximum atomic E-state index is 12.8. The monoisotopic (exact) mass is 440 g/mol. The Hall–Kier alpha value is -3.37. The van der Waals surface area contributed by atoms with Crippen molar-refractivity contribution in [2.24, 2.45) is 5.92 Å². The Labute approximate surface area is 176 Å². The number of nitrogens with one attached hydrogen (secondary N) is 1. The van der Waals surface area contributed by atoms with Crippen molar-refractivity contribution in [1.82, 2.24) is 19.8 Å². The standard InChI is InChI=1S/C18H22N4O2.C2HF3O2/c1-13-5-6-16(20-9-13)18(24)22-11-14(8-17(23)19-2)10-21-7-3-4-15(21)12-22;3-2(4,5)1(6)7/h3-7,9,14H,8,10-12H2,1-2H3,(H,19,23);(H,6,7). The number of aliphatic carboxylic acids is 1. The van der Waals surface area contributed by atoms with Crippen molar-refractivity contribution < 1.29 is 32.7 Å². The fourth-order valence-corrected chi connectivity index (χ4v) is 3.08. The van der Waals surface area contributed by atoms with E-state index in [9.17, 15) is 22.8 Å². The van der Waals surface area contributed by atoms with Gasteiger partial charge in [0.2, 0.25) is 5.91 Å². The van der Waals surface area contributed by atoms with Crippen LogP contribution in [-0.2, 0) is 22.7 Å². The fraction of sp³-hybridized carbons (Fsp3) is 0.400. The zero-order valence-electron chi connectivity index (χ0n) is 17.0. The molecule has 3 heterocycles. The van der Waals surface area contributed by atoms with Gasteiger partial charge in [-0.1, -0.05) is 6.07 Å². The Balaban J connectivity index is 0.000000423. The molecule has 1 aliphatic rings. The first kappa shape index (κ1) is 23.9. The molecule has 1 aliphatic heterocycles. The third-order valence-corrected chi connectivity index (χ3v) is 4.62. The second-order valence-corrected chi connectivity index (χ2v) is 7.10. The van der Waals surface area contributed by atoms with E-state index in [1.807, 2.05) is 31.3 Å². The summed E-state index contributed by atoms with van der Waals surface area (Å²) in [5, 5.41) is 9.79. The highest BCUT2D eigenvalue weighted by molar-refractivity contribution is 5.92. The molecule has 0 aliphatic carbocycles. The molecular formula is C20H23F3N4O4. The van der Waals surface area contributed by atoms with Gasteiger partial charge in [0.05, 0.1) is 6.54 Å². The number of carboxylic acids is 1. The van der Waals surface area contributed by atoms with Gasteiger partial charge in [-0.05, 0) is 30.7 Å². The van der Waals surface area contributed by atoms with Gasteiger partial charge >= 0.3 is 12.1 Å². The van der Waals surface area contributed by atoms with Crippen LogP contribution in [0.3, 0.4) is 0 Å². The minimum atomic E-state index is -5.08. The number of hydrogen-bond donors (Lipinski definition) is 2. The van der Waals surface area contributed by atoms with Crippen LogP contribution in [0.25, 0.3) is 0 Å². The second kappa shape index (κ2) is 10.1. The summed E-state index contributed by atoms with van der Waals surface area (Å²) >= 11 is 0. The molecule has 8 nitrogen and oxygen atoms in total. The average molecular weight is 440 g/mol. The molecule has 0 spiro atoms. The highest BCUT2D eigenvalue weighted by Crippen LogP contribution is 2.21. The minimum Gasteiger partial charge on any atom is -0.475 e. The molecule has 0 aromatic carbocycles. The molecule has 1 unspecified atom stereocenters. The summed E-state index contributed by atoms with van der Waals surface area (Å²) in [6, 6.07) is 7.65. The van der Waals surface area contributed by atoms with Crippen molar-refractivity contribution in [1.29, 1.82) is 0 Å². The van der Waals surface area contributed by atoms with Crippen molar-refractivity contribution in [2.75, 3.05) is 13.6 Å². The number of alkyl halides is 3. The number of carbonyl (C=O) groups is 3. The summed E-state index contributed by atoms with van der Waals surface area (Å²) in [6.45, 7) is 3.76. The van der Waals surface area contributed by atoms with Gasteiger partial charge in [-0.25, -0.2) is 4.79 Å². The zero-order valence-corrected chi connectivity index (χ0v) is 17.0. The lowest BCUT2D eigenvalue weighted by molar-refractivity contribution is -0.192. The molecule has 3 rings (SSSR count). The van der Waals surface area contributed by atoms with E-state index in [0.29, 0.717) is 25.2 Å². The van der Waals surface area contributed by atoms with Crippen LogP contribution in [0.15, 0.2) is 36.7 Å². The largest absolute Gasteiger partial charge is 0.490 e. The Morgan fingerprint density at radius 1 is 1.23 bits per heavy atom. The summed E-state index contributed by atoms with van der Waals surface area (Å²) in [5.41, 5.74) is 2.54. The smallest absolute Gasteiger partial charge is 0.475 e. The SMILES string of the molecule is CNC(=O)CC1CN(C(=O)c2ccc(C)cn2)Cc2cccn2C1.O=C(O)C(F)(F)F. The number of amides is 2. The number of fused-ring (bicyclic) bond motifs is 1. The van der Waals surface area contributed by atoms with Gasteiger partial charge in [0.15, 0.2) is 0 Å². The number of carboxylic acid groups (broad SMARTS) is 1. The lowest BCUT2D eigenvalue weighted by atomic mass is 10.0. The molecule has 2 N–H and O–H groups in total. The van der Waals surface area contributed by atoms with E-state index in [-0.39, 0.29) is 17.7 Å². The van der Waals surface area contributed by atoms with E-state index in [1.54, 1.807) is 24.2 Å². The molecule has 0 saturated carbocycles. The number of pyridine rings is 1. The number of aromatic nitrogens is 2. The lowest BCUT2D eigenvalue weighted by Gasteiger charge is -2.23. The second-order valence-electron chi connectivity index (χ2n) is 7.10. The number of hydrogen-bond acceptors (Lipinski definition) is 4. The maximum Gasteiger partial charge on any atom is 0.490 e. The van der Waals surface area contributed by atoms with E-state index in [4.69, 9.17) is 9.90 Å². The third-order valence-electron chi connectivity index (χ3n) is 4.62. The molecule has 0 saturated heterocycles. The molecule has 11 heteroatoms. The van der Waals surface area contributed by atoms with Crippen LogP contribution in [0.2, 0.25) is 0 Å². The highest BCUT2D eigenvalue weighted by atomic mass is 19.4. The van der Waals surface area contributed by atoms with Gasteiger partial charge in [0.25, 0.3) is 5.91 Å². The normalized spacial score (nSPS) is 15.8. The number of rotatable bonds is 3. The topological polar surface area (TPSA) is 105 Å². The van der Waals surface area contributed by atoms with Gasteiger partial charge in [0, 0.05) is 50.6 Å². The van der Waals surface area contributed by atoms with Gasteiger partial charge < -0.3 is 19.9 Å². The average Bonchev–Trinajstić information content (AvgIpc) is 3.06. The van der Waals surface area contributed by atoms with E-state index in [0.717, 1.165) is 17.8 Å². The molecule has 0 radical (unpaired) electrons. The molecule has 1 atom stereocenters. The summed E-state index contributed by atoms with van der Waals surface area (Å²) in [4.78, 5) is 39.6. The molecule has 2 aromatic heterocycles. The van der Waals surface area contributed by atoms with Crippen molar-refractivity contribution in [2.45, 2.75) is 32.6 Å². The molecule has 0 fully saturated rings. The first-order valence-corrected chi connectivity index (χ1v) is 9.38. The van der Waals surface area contributed by atoms with Crippen LogP contribution in [0.1, 0.15) is 28.2 Å². The third kappa shape index (κ3) is 6.83. The molecule has 0 bridgehead atoms. The van der Waals surface area contributed by atoms with Crippen LogP contribution in [0.4, 0.5) is 13.2 Å². The summed E-state index contributed by atoms with van der Waals surface area (Å²) in [7, 11) is 1.64. The van der Waals surface area contributed by atoms with Crippen molar-refractivity contribution in [3.63, 3.8) is 0 Å².